The van der Waals surface area contributed by atoms with Gasteiger partial charge in [-0.1, -0.05) is 12.1 Å². The summed E-state index contributed by atoms with van der Waals surface area (Å²) in [5.41, 5.74) is 2.21. The summed E-state index contributed by atoms with van der Waals surface area (Å²) in [7, 11) is 5.54. The van der Waals surface area contributed by atoms with E-state index < -0.39 is 0 Å². The highest BCUT2D eigenvalue weighted by Gasteiger charge is 2.08. The molecule has 144 valence electrons. The van der Waals surface area contributed by atoms with E-state index in [2.05, 4.69) is 10.6 Å². The van der Waals surface area contributed by atoms with Crippen LogP contribution in [0, 0.1) is 0 Å². The van der Waals surface area contributed by atoms with Gasteiger partial charge in [-0.3, -0.25) is 9.59 Å². The van der Waals surface area contributed by atoms with E-state index in [1.807, 2.05) is 43.3 Å². The van der Waals surface area contributed by atoms with E-state index in [1.165, 1.54) is 0 Å². The first-order valence-corrected chi connectivity index (χ1v) is 8.93. The molecule has 0 fully saturated rings. The standard InChI is InChI=1S/C21H27N3O3/c1-24(2)15-14-23-21(26)18-8-6-17(7-9-18)20(25)22-13-12-16-4-10-19(27-3)11-5-16/h4-11H,12-15H2,1-3H3,(H,22,25)(H,23,26). The molecular formula is C21H27N3O3. The van der Waals surface area contributed by atoms with E-state index in [0.717, 1.165) is 24.3 Å². The topological polar surface area (TPSA) is 70.7 Å². The van der Waals surface area contributed by atoms with Crippen molar-refractivity contribution in [2.45, 2.75) is 6.42 Å². The quantitative estimate of drug-likeness (QED) is 0.709. The summed E-state index contributed by atoms with van der Waals surface area (Å²) in [6, 6.07) is 14.4. The van der Waals surface area contributed by atoms with Gasteiger partial charge in [-0.25, -0.2) is 0 Å². The maximum Gasteiger partial charge on any atom is 0.251 e. The van der Waals surface area contributed by atoms with Crippen molar-refractivity contribution >= 4 is 11.8 Å². The second-order valence-corrected chi connectivity index (χ2v) is 6.49. The number of hydrogen-bond donors (Lipinski definition) is 2. The molecule has 0 atom stereocenters. The molecule has 0 saturated heterocycles. The molecule has 2 rings (SSSR count). The van der Waals surface area contributed by atoms with Gasteiger partial charge < -0.3 is 20.3 Å². The van der Waals surface area contributed by atoms with Crippen molar-refractivity contribution in [3.8, 4) is 5.75 Å². The van der Waals surface area contributed by atoms with Crippen LogP contribution in [0.5, 0.6) is 5.75 Å². The van der Waals surface area contributed by atoms with Crippen molar-refractivity contribution in [3.05, 3.63) is 65.2 Å². The number of hydrogen-bond acceptors (Lipinski definition) is 4. The fourth-order valence-corrected chi connectivity index (χ4v) is 2.48. The average Bonchev–Trinajstić information content (AvgIpc) is 2.68. The minimum absolute atomic E-state index is 0.136. The number of methoxy groups -OCH3 is 1. The monoisotopic (exact) mass is 369 g/mol. The van der Waals surface area contributed by atoms with Gasteiger partial charge >= 0.3 is 0 Å². The Balaban J connectivity index is 1.79. The van der Waals surface area contributed by atoms with Crippen molar-refractivity contribution in [2.24, 2.45) is 0 Å². The first-order chi connectivity index (χ1) is 13.0. The number of ether oxygens (including phenoxy) is 1. The van der Waals surface area contributed by atoms with Crippen LogP contribution in [0.1, 0.15) is 26.3 Å². The SMILES string of the molecule is COc1ccc(CCNC(=O)c2ccc(C(=O)NCCN(C)C)cc2)cc1. The van der Waals surface area contributed by atoms with Crippen LogP contribution < -0.4 is 15.4 Å². The number of amides is 2. The van der Waals surface area contributed by atoms with Crippen LogP contribution in [0.25, 0.3) is 0 Å². The molecule has 2 N–H and O–H groups in total. The van der Waals surface area contributed by atoms with Gasteiger partial charge in [0.05, 0.1) is 7.11 Å². The highest BCUT2D eigenvalue weighted by Crippen LogP contribution is 2.11. The molecule has 6 heteroatoms. The van der Waals surface area contributed by atoms with Gasteiger partial charge in [0.25, 0.3) is 11.8 Å². The van der Waals surface area contributed by atoms with Crippen molar-refractivity contribution in [3.63, 3.8) is 0 Å². The summed E-state index contributed by atoms with van der Waals surface area (Å²) in [6.07, 6.45) is 0.738. The molecule has 2 amide bonds. The van der Waals surface area contributed by atoms with Crippen LogP contribution in [0.4, 0.5) is 0 Å². The van der Waals surface area contributed by atoms with Gasteiger partial charge in [0.1, 0.15) is 5.75 Å². The minimum atomic E-state index is -0.150. The third-order valence-electron chi connectivity index (χ3n) is 4.11. The molecule has 0 aromatic heterocycles. The number of nitrogens with one attached hydrogen (secondary N) is 2. The first-order valence-electron chi connectivity index (χ1n) is 8.93. The van der Waals surface area contributed by atoms with Crippen molar-refractivity contribution < 1.29 is 14.3 Å². The fraction of sp³-hybridized carbons (Fsp3) is 0.333. The van der Waals surface area contributed by atoms with E-state index in [-0.39, 0.29) is 11.8 Å². The molecule has 0 spiro atoms. The molecule has 0 unspecified atom stereocenters. The van der Waals surface area contributed by atoms with E-state index >= 15 is 0 Å². The molecule has 0 aliphatic rings. The number of nitrogens with zero attached hydrogens (tertiary/aromatic N) is 1. The highest BCUT2D eigenvalue weighted by atomic mass is 16.5. The Morgan fingerprint density at radius 2 is 1.37 bits per heavy atom. The van der Waals surface area contributed by atoms with Crippen LogP contribution in [0.3, 0.4) is 0 Å². The Labute approximate surface area is 160 Å². The second kappa shape index (κ2) is 10.3. The van der Waals surface area contributed by atoms with E-state index in [0.29, 0.717) is 24.2 Å². The maximum absolute atomic E-state index is 12.2. The van der Waals surface area contributed by atoms with Crippen LogP contribution in [-0.2, 0) is 6.42 Å². The zero-order chi connectivity index (χ0) is 19.6. The fourth-order valence-electron chi connectivity index (χ4n) is 2.48. The Hall–Kier alpha value is -2.86. The van der Waals surface area contributed by atoms with Crippen LogP contribution in [-0.4, -0.2) is 57.6 Å². The summed E-state index contributed by atoms with van der Waals surface area (Å²) < 4.78 is 5.13. The van der Waals surface area contributed by atoms with Crippen molar-refractivity contribution in [1.29, 1.82) is 0 Å². The average molecular weight is 369 g/mol. The Morgan fingerprint density at radius 1 is 0.852 bits per heavy atom. The molecule has 0 heterocycles. The zero-order valence-electron chi connectivity index (χ0n) is 16.1. The van der Waals surface area contributed by atoms with Crippen molar-refractivity contribution in [2.75, 3.05) is 40.8 Å². The van der Waals surface area contributed by atoms with Gasteiger partial charge in [-0.05, 0) is 62.5 Å². The van der Waals surface area contributed by atoms with E-state index in [9.17, 15) is 9.59 Å². The van der Waals surface area contributed by atoms with Gasteiger partial charge in [-0.2, -0.15) is 0 Å². The molecule has 2 aromatic rings. The molecule has 6 nitrogen and oxygen atoms in total. The molecule has 27 heavy (non-hydrogen) atoms. The lowest BCUT2D eigenvalue weighted by atomic mass is 10.1. The summed E-state index contributed by atoms with van der Waals surface area (Å²) in [5, 5.41) is 5.74. The number of likely N-dealkylation sites (N-methyl/N-ethyl adjacent to an activating group) is 1. The molecule has 0 saturated carbocycles. The maximum atomic E-state index is 12.2. The van der Waals surface area contributed by atoms with E-state index in [4.69, 9.17) is 4.74 Å². The molecule has 0 aliphatic heterocycles. The number of carbonyl (C=O) groups excluding carboxylic acids is 2. The van der Waals surface area contributed by atoms with Gasteiger partial charge in [-0.15, -0.1) is 0 Å². The van der Waals surface area contributed by atoms with Gasteiger partial charge in [0.2, 0.25) is 0 Å². The molecular weight excluding hydrogens is 342 g/mol. The Kier molecular flexibility index (Phi) is 7.82. The highest BCUT2D eigenvalue weighted by molar-refractivity contribution is 5.97. The van der Waals surface area contributed by atoms with Gasteiger partial charge in [0.15, 0.2) is 0 Å². The van der Waals surface area contributed by atoms with Crippen LogP contribution in [0.15, 0.2) is 48.5 Å². The summed E-state index contributed by atoms with van der Waals surface area (Å²) in [6.45, 7) is 1.90. The first kappa shape index (κ1) is 20.5. The summed E-state index contributed by atoms with van der Waals surface area (Å²) in [4.78, 5) is 26.3. The molecule has 0 radical (unpaired) electrons. The number of benzene rings is 2. The smallest absolute Gasteiger partial charge is 0.251 e. The van der Waals surface area contributed by atoms with Crippen LogP contribution in [0.2, 0.25) is 0 Å². The van der Waals surface area contributed by atoms with Gasteiger partial charge in [0, 0.05) is 30.8 Å². The Bertz CT molecular complexity index is 740. The Morgan fingerprint density at radius 3 is 1.85 bits per heavy atom. The predicted octanol–water partition coefficient (Wildman–Crippen LogP) is 1.96. The second-order valence-electron chi connectivity index (χ2n) is 6.49. The molecule has 2 aromatic carbocycles. The van der Waals surface area contributed by atoms with Crippen molar-refractivity contribution in [1.82, 2.24) is 15.5 Å². The number of rotatable bonds is 9. The van der Waals surface area contributed by atoms with Crippen LogP contribution >= 0.6 is 0 Å². The normalized spacial score (nSPS) is 10.5. The summed E-state index contributed by atoms with van der Waals surface area (Å²) >= 11 is 0. The number of carbonyl (C=O) groups is 2. The molecule has 0 bridgehead atoms. The lowest BCUT2D eigenvalue weighted by molar-refractivity contribution is 0.0940. The largest absolute Gasteiger partial charge is 0.497 e. The van der Waals surface area contributed by atoms with E-state index in [1.54, 1.807) is 31.4 Å². The minimum Gasteiger partial charge on any atom is -0.497 e. The third-order valence-corrected chi connectivity index (χ3v) is 4.11. The zero-order valence-corrected chi connectivity index (χ0v) is 16.1. The predicted molar refractivity (Wildman–Crippen MR) is 106 cm³/mol. The third kappa shape index (κ3) is 6.75. The lowest BCUT2D eigenvalue weighted by Gasteiger charge is -2.10. The lowest BCUT2D eigenvalue weighted by Crippen LogP contribution is -2.31. The summed E-state index contributed by atoms with van der Waals surface area (Å²) in [5.74, 6) is 0.528. The molecule has 0 aliphatic carbocycles.